The molecule has 0 radical (unpaired) electrons. The van der Waals surface area contributed by atoms with Crippen molar-refractivity contribution in [2.45, 2.75) is 16.8 Å². The predicted octanol–water partition coefficient (Wildman–Crippen LogP) is 4.83. The molecule has 178 valence electrons. The van der Waals surface area contributed by atoms with Gasteiger partial charge >= 0.3 is 0 Å². The molecule has 3 aromatic carbocycles. The zero-order valence-corrected chi connectivity index (χ0v) is 20.6. The standard InChI is InChI=1S/C24H20ClN5O4S/c1-14-4-7-19(8-5-14)35(31,32)24-23-27-22(26-16-11-17(33-2)13-18(12-16)34-3)20-10-15(25)6-9-21(20)30(23)29-28-24/h4-13H,1-3H3,(H,26,27). The van der Waals surface area contributed by atoms with Crippen LogP contribution in [0, 0.1) is 6.92 Å². The van der Waals surface area contributed by atoms with Crippen LogP contribution in [0.5, 0.6) is 11.5 Å². The van der Waals surface area contributed by atoms with Gasteiger partial charge in [-0.2, -0.15) is 4.52 Å². The summed E-state index contributed by atoms with van der Waals surface area (Å²) in [4.78, 5) is 4.73. The molecule has 0 amide bonds. The lowest BCUT2D eigenvalue weighted by molar-refractivity contribution is 0.395. The summed E-state index contributed by atoms with van der Waals surface area (Å²) in [6, 6.07) is 17.0. The van der Waals surface area contributed by atoms with Crippen molar-refractivity contribution >= 4 is 49.5 Å². The molecule has 0 saturated carbocycles. The van der Waals surface area contributed by atoms with Crippen molar-refractivity contribution in [3.8, 4) is 11.5 Å². The van der Waals surface area contributed by atoms with Gasteiger partial charge in [0.05, 0.1) is 24.6 Å². The SMILES string of the molecule is COc1cc(Nc2nc3c(S(=O)(=O)c4ccc(C)cc4)nnn3c3ccc(Cl)cc23)cc(OC)c1. The van der Waals surface area contributed by atoms with Crippen LogP contribution in [0.2, 0.25) is 5.02 Å². The molecule has 0 unspecified atom stereocenters. The number of sulfone groups is 1. The number of rotatable bonds is 6. The summed E-state index contributed by atoms with van der Waals surface area (Å²) < 4.78 is 38.9. The Balaban J connectivity index is 1.73. The van der Waals surface area contributed by atoms with Gasteiger partial charge in [0, 0.05) is 34.3 Å². The number of aromatic nitrogens is 4. The van der Waals surface area contributed by atoms with Crippen molar-refractivity contribution in [1.82, 2.24) is 19.8 Å². The highest BCUT2D eigenvalue weighted by molar-refractivity contribution is 7.91. The fourth-order valence-corrected chi connectivity index (χ4v) is 5.09. The van der Waals surface area contributed by atoms with Crippen molar-refractivity contribution in [2.24, 2.45) is 0 Å². The van der Waals surface area contributed by atoms with Gasteiger partial charge in [0.25, 0.3) is 0 Å². The molecule has 5 aromatic rings. The van der Waals surface area contributed by atoms with Crippen molar-refractivity contribution < 1.29 is 17.9 Å². The number of methoxy groups -OCH3 is 2. The number of hydrogen-bond acceptors (Lipinski definition) is 8. The van der Waals surface area contributed by atoms with E-state index in [0.717, 1.165) is 5.56 Å². The number of aryl methyl sites for hydroxylation is 1. The maximum atomic E-state index is 13.4. The van der Waals surface area contributed by atoms with E-state index < -0.39 is 9.84 Å². The highest BCUT2D eigenvalue weighted by atomic mass is 35.5. The third-order valence-corrected chi connectivity index (χ3v) is 7.38. The summed E-state index contributed by atoms with van der Waals surface area (Å²) in [5.74, 6) is 1.51. The number of hydrogen-bond donors (Lipinski definition) is 1. The molecule has 2 heterocycles. The van der Waals surface area contributed by atoms with Gasteiger partial charge in [0.15, 0.2) is 5.65 Å². The number of ether oxygens (including phenoxy) is 2. The Bertz CT molecular complexity index is 1660. The molecule has 35 heavy (non-hydrogen) atoms. The normalized spacial score (nSPS) is 11.7. The summed E-state index contributed by atoms with van der Waals surface area (Å²) in [5.41, 5.74) is 2.22. The first-order valence-electron chi connectivity index (χ1n) is 10.5. The molecule has 5 rings (SSSR count). The van der Waals surface area contributed by atoms with Crippen LogP contribution < -0.4 is 14.8 Å². The zero-order chi connectivity index (χ0) is 24.7. The van der Waals surface area contributed by atoms with Gasteiger partial charge in [-0.3, -0.25) is 0 Å². The van der Waals surface area contributed by atoms with Gasteiger partial charge in [-0.25, -0.2) is 13.4 Å². The van der Waals surface area contributed by atoms with Crippen LogP contribution in [-0.2, 0) is 9.84 Å². The minimum atomic E-state index is -3.98. The first-order valence-corrected chi connectivity index (χ1v) is 12.3. The average molecular weight is 510 g/mol. The summed E-state index contributed by atoms with van der Waals surface area (Å²) in [5, 5.41) is 12.2. The molecule has 2 aromatic heterocycles. The third-order valence-electron chi connectivity index (χ3n) is 5.48. The molecule has 0 bridgehead atoms. The quantitative estimate of drug-likeness (QED) is 0.346. The minimum Gasteiger partial charge on any atom is -0.497 e. The van der Waals surface area contributed by atoms with E-state index in [9.17, 15) is 8.42 Å². The highest BCUT2D eigenvalue weighted by Gasteiger charge is 2.27. The van der Waals surface area contributed by atoms with Crippen LogP contribution in [0.3, 0.4) is 0 Å². The molecule has 0 aliphatic heterocycles. The molecule has 0 aliphatic carbocycles. The van der Waals surface area contributed by atoms with E-state index in [1.807, 2.05) is 6.92 Å². The molecular formula is C24H20ClN5O4S. The van der Waals surface area contributed by atoms with Gasteiger partial charge < -0.3 is 14.8 Å². The molecule has 0 atom stereocenters. The molecular weight excluding hydrogens is 490 g/mol. The van der Waals surface area contributed by atoms with E-state index in [1.54, 1.807) is 74.9 Å². The van der Waals surface area contributed by atoms with Gasteiger partial charge in [0.1, 0.15) is 17.3 Å². The van der Waals surface area contributed by atoms with E-state index in [4.69, 9.17) is 21.1 Å². The zero-order valence-electron chi connectivity index (χ0n) is 19.0. The van der Waals surface area contributed by atoms with Crippen molar-refractivity contribution in [3.63, 3.8) is 0 Å². The lowest BCUT2D eigenvalue weighted by atomic mass is 10.2. The molecule has 0 fully saturated rings. The predicted molar refractivity (Wildman–Crippen MR) is 133 cm³/mol. The van der Waals surface area contributed by atoms with Crippen LogP contribution in [0.25, 0.3) is 16.6 Å². The van der Waals surface area contributed by atoms with Crippen molar-refractivity contribution in [1.29, 1.82) is 0 Å². The lowest BCUT2D eigenvalue weighted by Gasteiger charge is -2.13. The second kappa shape index (κ2) is 8.71. The Hall–Kier alpha value is -3.89. The Morgan fingerprint density at radius 2 is 1.63 bits per heavy atom. The van der Waals surface area contributed by atoms with E-state index in [2.05, 4.69) is 20.6 Å². The van der Waals surface area contributed by atoms with E-state index in [0.29, 0.717) is 38.9 Å². The smallest absolute Gasteiger partial charge is 0.229 e. The topological polar surface area (TPSA) is 108 Å². The molecule has 0 aliphatic rings. The molecule has 1 N–H and O–H groups in total. The number of nitrogens with one attached hydrogen (secondary N) is 1. The summed E-state index contributed by atoms with van der Waals surface area (Å²) in [7, 11) is -0.870. The second-order valence-electron chi connectivity index (χ2n) is 7.79. The van der Waals surface area contributed by atoms with Gasteiger partial charge in [-0.05, 0) is 37.3 Å². The third kappa shape index (κ3) is 4.11. The fraction of sp³-hybridized carbons (Fsp3) is 0.125. The fourth-order valence-electron chi connectivity index (χ4n) is 3.68. The van der Waals surface area contributed by atoms with Crippen LogP contribution in [0.4, 0.5) is 11.5 Å². The number of halogens is 1. The number of fused-ring (bicyclic) bond motifs is 3. The lowest BCUT2D eigenvalue weighted by Crippen LogP contribution is -2.06. The Morgan fingerprint density at radius 1 is 0.943 bits per heavy atom. The Kier molecular flexibility index (Phi) is 5.70. The maximum absolute atomic E-state index is 13.4. The van der Waals surface area contributed by atoms with Crippen LogP contribution in [0.15, 0.2) is 70.6 Å². The largest absolute Gasteiger partial charge is 0.497 e. The second-order valence-corrected chi connectivity index (χ2v) is 10.1. The maximum Gasteiger partial charge on any atom is 0.229 e. The summed E-state index contributed by atoms with van der Waals surface area (Å²) in [6.45, 7) is 1.88. The van der Waals surface area contributed by atoms with Gasteiger partial charge in [0.2, 0.25) is 14.9 Å². The Morgan fingerprint density at radius 3 is 2.29 bits per heavy atom. The molecule has 0 saturated heterocycles. The van der Waals surface area contributed by atoms with Crippen molar-refractivity contribution in [3.05, 3.63) is 71.2 Å². The van der Waals surface area contributed by atoms with Crippen LogP contribution >= 0.6 is 11.6 Å². The van der Waals surface area contributed by atoms with Crippen LogP contribution in [0.1, 0.15) is 5.56 Å². The number of benzene rings is 3. The van der Waals surface area contributed by atoms with Crippen molar-refractivity contribution in [2.75, 3.05) is 19.5 Å². The molecule has 11 heteroatoms. The average Bonchev–Trinajstić information content (AvgIpc) is 3.29. The van der Waals surface area contributed by atoms with Gasteiger partial charge in [-0.1, -0.05) is 34.5 Å². The first-order chi connectivity index (χ1) is 16.8. The monoisotopic (exact) mass is 509 g/mol. The van der Waals surface area contributed by atoms with E-state index >= 15 is 0 Å². The van der Waals surface area contributed by atoms with Gasteiger partial charge in [-0.15, -0.1) is 5.10 Å². The number of nitrogens with zero attached hydrogens (tertiary/aromatic N) is 4. The number of anilines is 2. The van der Waals surface area contributed by atoms with E-state index in [-0.39, 0.29) is 15.6 Å². The Labute approximate surface area is 206 Å². The molecule has 9 nitrogen and oxygen atoms in total. The summed E-state index contributed by atoms with van der Waals surface area (Å²) >= 11 is 6.27. The first kappa shape index (κ1) is 22.9. The minimum absolute atomic E-state index is 0.0813. The molecule has 0 spiro atoms. The highest BCUT2D eigenvalue weighted by Crippen LogP contribution is 2.33. The van der Waals surface area contributed by atoms with E-state index in [1.165, 1.54) is 4.52 Å². The van der Waals surface area contributed by atoms with Crippen LogP contribution in [-0.4, -0.2) is 42.4 Å². The summed E-state index contributed by atoms with van der Waals surface area (Å²) in [6.07, 6.45) is 0.